The molecule has 0 saturated heterocycles. The number of para-hydroxylation sites is 2. The maximum Gasteiger partial charge on any atom is 0.174 e. The molecule has 0 saturated carbocycles. The van der Waals surface area contributed by atoms with Crippen LogP contribution in [-0.4, -0.2) is 26.5 Å². The molecule has 0 radical (unpaired) electrons. The van der Waals surface area contributed by atoms with Crippen LogP contribution in [0.5, 0.6) is 0 Å². The van der Waals surface area contributed by atoms with Crippen molar-refractivity contribution in [2.24, 2.45) is 0 Å². The molecule has 0 amide bonds. The van der Waals surface area contributed by atoms with Crippen molar-refractivity contribution in [3.8, 4) is 0 Å². The lowest BCUT2D eigenvalue weighted by atomic mass is 10.2. The van der Waals surface area contributed by atoms with Gasteiger partial charge in [0.2, 0.25) is 0 Å². The predicted molar refractivity (Wildman–Crippen MR) is 81.4 cm³/mol. The average Bonchev–Trinajstić information content (AvgIpc) is 2.98. The fraction of sp³-hybridized carbons (Fsp3) is 0.200. The van der Waals surface area contributed by atoms with Crippen LogP contribution >= 0.6 is 11.8 Å². The second kappa shape index (κ2) is 5.17. The highest BCUT2D eigenvalue weighted by molar-refractivity contribution is 7.99. The monoisotopic (exact) mass is 285 g/mol. The highest BCUT2D eigenvalue weighted by Crippen LogP contribution is 2.21. The highest BCUT2D eigenvalue weighted by atomic mass is 32.2. The number of aromatic amines is 2. The number of fused-ring (bicyclic) bond motifs is 1. The maximum absolute atomic E-state index is 12.2. The van der Waals surface area contributed by atoms with E-state index < -0.39 is 0 Å². The summed E-state index contributed by atoms with van der Waals surface area (Å²) < 4.78 is 0. The molecule has 1 aromatic carbocycles. The summed E-state index contributed by atoms with van der Waals surface area (Å²) in [5.41, 5.74) is 4.63. The molecule has 5 heteroatoms. The third kappa shape index (κ3) is 2.49. The third-order valence-corrected chi connectivity index (χ3v) is 4.03. The lowest BCUT2D eigenvalue weighted by molar-refractivity contribution is 0.102. The second-order valence-electron chi connectivity index (χ2n) is 4.76. The number of rotatable bonds is 4. The summed E-state index contributed by atoms with van der Waals surface area (Å²) in [7, 11) is 0. The summed E-state index contributed by atoms with van der Waals surface area (Å²) in [6, 6.07) is 9.75. The molecule has 0 unspecified atom stereocenters. The Bertz CT molecular complexity index is 739. The minimum atomic E-state index is 0.123. The van der Waals surface area contributed by atoms with Crippen LogP contribution in [0, 0.1) is 13.8 Å². The number of carbonyl (C=O) groups excluding carboxylic acids is 1. The molecule has 4 nitrogen and oxygen atoms in total. The number of imidazole rings is 1. The first-order valence-corrected chi connectivity index (χ1v) is 7.39. The molecule has 0 aliphatic carbocycles. The van der Waals surface area contributed by atoms with E-state index in [0.29, 0.717) is 5.75 Å². The Hall–Kier alpha value is -2.01. The lowest BCUT2D eigenvalue weighted by Crippen LogP contribution is -2.03. The molecule has 0 aliphatic rings. The first-order valence-electron chi connectivity index (χ1n) is 6.40. The number of H-pyrrole nitrogens is 2. The van der Waals surface area contributed by atoms with Gasteiger partial charge < -0.3 is 9.97 Å². The number of aryl methyl sites for hydroxylation is 2. The zero-order valence-corrected chi connectivity index (χ0v) is 12.2. The van der Waals surface area contributed by atoms with E-state index in [-0.39, 0.29) is 5.78 Å². The first-order chi connectivity index (χ1) is 9.63. The van der Waals surface area contributed by atoms with Crippen LogP contribution in [0.3, 0.4) is 0 Å². The molecule has 0 fully saturated rings. The van der Waals surface area contributed by atoms with Crippen LogP contribution in [0.1, 0.15) is 21.7 Å². The second-order valence-corrected chi connectivity index (χ2v) is 5.73. The molecule has 0 atom stereocenters. The summed E-state index contributed by atoms with van der Waals surface area (Å²) in [6.45, 7) is 3.88. The minimum absolute atomic E-state index is 0.123. The van der Waals surface area contributed by atoms with Crippen LogP contribution in [0.4, 0.5) is 0 Å². The van der Waals surface area contributed by atoms with Crippen molar-refractivity contribution < 1.29 is 4.79 Å². The van der Waals surface area contributed by atoms with E-state index in [1.165, 1.54) is 11.8 Å². The number of carbonyl (C=O) groups is 1. The number of nitrogens with one attached hydrogen (secondary N) is 2. The molecule has 0 spiro atoms. The zero-order chi connectivity index (χ0) is 14.1. The molecule has 3 aromatic rings. The van der Waals surface area contributed by atoms with E-state index in [2.05, 4.69) is 15.0 Å². The van der Waals surface area contributed by atoms with Crippen LogP contribution in [0.25, 0.3) is 11.0 Å². The van der Waals surface area contributed by atoms with Gasteiger partial charge in [-0.1, -0.05) is 23.9 Å². The predicted octanol–water partition coefficient (Wildman–Crippen LogP) is 3.48. The van der Waals surface area contributed by atoms with E-state index in [0.717, 1.165) is 33.1 Å². The Morgan fingerprint density at radius 2 is 2.05 bits per heavy atom. The number of hydrogen-bond donors (Lipinski definition) is 2. The summed E-state index contributed by atoms with van der Waals surface area (Å²) in [5.74, 6) is 0.509. The van der Waals surface area contributed by atoms with Crippen molar-refractivity contribution in [1.29, 1.82) is 0 Å². The molecule has 0 aliphatic heterocycles. The molecule has 2 aromatic heterocycles. The maximum atomic E-state index is 12.2. The fourth-order valence-electron chi connectivity index (χ4n) is 2.22. The van der Waals surface area contributed by atoms with Crippen molar-refractivity contribution in [3.05, 3.63) is 47.3 Å². The molecule has 3 rings (SSSR count). The Kier molecular flexibility index (Phi) is 3.36. The summed E-state index contributed by atoms with van der Waals surface area (Å²) in [6.07, 6.45) is 0. The molecule has 102 valence electrons. The largest absolute Gasteiger partial charge is 0.362 e. The van der Waals surface area contributed by atoms with Crippen LogP contribution in [-0.2, 0) is 0 Å². The van der Waals surface area contributed by atoms with Gasteiger partial charge in [-0.15, -0.1) is 0 Å². The van der Waals surface area contributed by atoms with Gasteiger partial charge in [-0.2, -0.15) is 0 Å². The van der Waals surface area contributed by atoms with Crippen molar-refractivity contribution in [2.75, 3.05) is 5.75 Å². The number of thioether (sulfide) groups is 1. The lowest BCUT2D eigenvalue weighted by Gasteiger charge is -1.98. The van der Waals surface area contributed by atoms with E-state index >= 15 is 0 Å². The van der Waals surface area contributed by atoms with Crippen LogP contribution in [0.2, 0.25) is 0 Å². The summed E-state index contributed by atoms with van der Waals surface area (Å²) in [4.78, 5) is 23.0. The highest BCUT2D eigenvalue weighted by Gasteiger charge is 2.13. The Morgan fingerprint density at radius 3 is 2.75 bits per heavy atom. The van der Waals surface area contributed by atoms with E-state index in [1.54, 1.807) is 0 Å². The normalized spacial score (nSPS) is 11.1. The SMILES string of the molecule is Cc1cc(C(=O)CSc2nc3ccccc3[nH]2)c(C)[nH]1. The van der Waals surface area contributed by atoms with E-state index in [1.807, 2.05) is 44.2 Å². The number of Topliss-reactive ketones (excluding diaryl/α,β-unsaturated/α-hetero) is 1. The van der Waals surface area contributed by atoms with Crippen molar-refractivity contribution in [2.45, 2.75) is 19.0 Å². The topological polar surface area (TPSA) is 61.5 Å². The van der Waals surface area contributed by atoms with Gasteiger partial charge in [0.1, 0.15) is 0 Å². The Labute approximate surface area is 121 Å². The van der Waals surface area contributed by atoms with E-state index in [4.69, 9.17) is 0 Å². The molecular weight excluding hydrogens is 270 g/mol. The summed E-state index contributed by atoms with van der Waals surface area (Å²) >= 11 is 1.44. The average molecular weight is 285 g/mol. The van der Waals surface area contributed by atoms with Crippen molar-refractivity contribution in [3.63, 3.8) is 0 Å². The Morgan fingerprint density at radius 1 is 1.25 bits per heavy atom. The van der Waals surface area contributed by atoms with Gasteiger partial charge in [0.15, 0.2) is 10.9 Å². The van der Waals surface area contributed by atoms with Gasteiger partial charge in [-0.05, 0) is 32.0 Å². The first kappa shape index (κ1) is 13.0. The van der Waals surface area contributed by atoms with Gasteiger partial charge in [0.25, 0.3) is 0 Å². The van der Waals surface area contributed by atoms with E-state index in [9.17, 15) is 4.79 Å². The smallest absolute Gasteiger partial charge is 0.174 e. The molecular formula is C15H15N3OS. The number of aromatic nitrogens is 3. The van der Waals surface area contributed by atoms with Gasteiger partial charge in [-0.25, -0.2) is 4.98 Å². The van der Waals surface area contributed by atoms with Gasteiger partial charge in [-0.3, -0.25) is 4.79 Å². The number of nitrogens with zero attached hydrogens (tertiary/aromatic N) is 1. The van der Waals surface area contributed by atoms with Gasteiger partial charge >= 0.3 is 0 Å². The standard InChI is InChI=1S/C15H15N3OS/c1-9-7-11(10(2)16-9)14(19)8-20-15-17-12-5-3-4-6-13(12)18-15/h3-7,16H,8H2,1-2H3,(H,17,18). The molecule has 2 N–H and O–H groups in total. The van der Waals surface area contributed by atoms with Crippen molar-refractivity contribution >= 4 is 28.6 Å². The quantitative estimate of drug-likeness (QED) is 0.570. The molecule has 2 heterocycles. The number of hydrogen-bond acceptors (Lipinski definition) is 3. The fourth-order valence-corrected chi connectivity index (χ4v) is 2.99. The number of ketones is 1. The zero-order valence-electron chi connectivity index (χ0n) is 11.4. The third-order valence-electron chi connectivity index (χ3n) is 3.16. The number of benzene rings is 1. The van der Waals surface area contributed by atoms with Crippen LogP contribution in [0.15, 0.2) is 35.5 Å². The van der Waals surface area contributed by atoms with Crippen molar-refractivity contribution in [1.82, 2.24) is 15.0 Å². The van der Waals surface area contributed by atoms with Crippen LogP contribution < -0.4 is 0 Å². The van der Waals surface area contributed by atoms with Gasteiger partial charge in [0, 0.05) is 17.0 Å². The Balaban J connectivity index is 1.73. The van der Waals surface area contributed by atoms with Gasteiger partial charge in [0.05, 0.1) is 16.8 Å². The molecule has 20 heavy (non-hydrogen) atoms. The minimum Gasteiger partial charge on any atom is -0.362 e. The summed E-state index contributed by atoms with van der Waals surface area (Å²) in [5, 5.41) is 0.782. The molecule has 0 bridgehead atoms.